The summed E-state index contributed by atoms with van der Waals surface area (Å²) in [5.74, 6) is 1.77. The Morgan fingerprint density at radius 1 is 1.24 bits per heavy atom. The number of rotatable bonds is 8. The van der Waals surface area contributed by atoms with Crippen LogP contribution < -0.4 is 9.47 Å². The van der Waals surface area contributed by atoms with E-state index in [-0.39, 0.29) is 6.10 Å². The van der Waals surface area contributed by atoms with Crippen LogP contribution in [-0.4, -0.2) is 50.5 Å². The molecule has 0 saturated carbocycles. The Kier molecular flexibility index (Phi) is 6.83. The first kappa shape index (κ1) is 16.1. The molecule has 0 amide bonds. The summed E-state index contributed by atoms with van der Waals surface area (Å²) < 4.78 is 17.0. The van der Waals surface area contributed by atoms with Crippen LogP contribution in [0.5, 0.6) is 11.5 Å². The van der Waals surface area contributed by atoms with Crippen molar-refractivity contribution >= 4 is 0 Å². The lowest BCUT2D eigenvalue weighted by atomic mass is 10.3. The van der Waals surface area contributed by atoms with Crippen molar-refractivity contribution in [2.75, 3.05) is 39.5 Å². The number of benzene rings is 1. The molecule has 1 fully saturated rings. The smallest absolute Gasteiger partial charge is 0.123 e. The third-order valence-corrected chi connectivity index (χ3v) is 3.71. The minimum atomic E-state index is 0.238. The molecule has 0 aromatic heterocycles. The summed E-state index contributed by atoms with van der Waals surface area (Å²) in [6.07, 6.45) is 2.28. The summed E-state index contributed by atoms with van der Waals surface area (Å²) in [5, 5.41) is 0. The Morgan fingerprint density at radius 2 is 2.00 bits per heavy atom. The minimum Gasteiger partial charge on any atom is -0.493 e. The zero-order chi connectivity index (χ0) is 14.9. The van der Waals surface area contributed by atoms with Crippen molar-refractivity contribution in [2.45, 2.75) is 32.8 Å². The predicted octanol–water partition coefficient (Wildman–Crippen LogP) is 2.97. The van der Waals surface area contributed by atoms with Gasteiger partial charge in [-0.1, -0.05) is 13.0 Å². The summed E-state index contributed by atoms with van der Waals surface area (Å²) in [6, 6.07) is 7.92. The first-order valence-corrected chi connectivity index (χ1v) is 7.97. The fourth-order valence-corrected chi connectivity index (χ4v) is 2.26. The Labute approximate surface area is 128 Å². The molecule has 1 atom stereocenters. The van der Waals surface area contributed by atoms with E-state index in [9.17, 15) is 0 Å². The Hall–Kier alpha value is -1.26. The molecule has 1 aliphatic rings. The molecular weight excluding hydrogens is 266 g/mol. The van der Waals surface area contributed by atoms with E-state index in [0.29, 0.717) is 0 Å². The summed E-state index contributed by atoms with van der Waals surface area (Å²) in [7, 11) is 0. The van der Waals surface area contributed by atoms with Crippen LogP contribution in [0.25, 0.3) is 0 Å². The molecule has 1 unspecified atom stereocenters. The van der Waals surface area contributed by atoms with E-state index in [1.165, 1.54) is 0 Å². The SMILES string of the molecule is CCC(C)Oc1cccc(OCCCN2CCOCC2)c1. The van der Waals surface area contributed by atoms with Gasteiger partial charge in [0.25, 0.3) is 0 Å². The molecule has 1 heterocycles. The molecule has 0 N–H and O–H groups in total. The molecule has 1 aromatic rings. The van der Waals surface area contributed by atoms with Gasteiger partial charge in [0.1, 0.15) is 11.5 Å². The van der Waals surface area contributed by atoms with Crippen molar-refractivity contribution in [3.63, 3.8) is 0 Å². The Morgan fingerprint density at radius 3 is 2.76 bits per heavy atom. The van der Waals surface area contributed by atoms with Crippen molar-refractivity contribution < 1.29 is 14.2 Å². The second-order valence-corrected chi connectivity index (χ2v) is 5.47. The molecule has 1 aromatic carbocycles. The van der Waals surface area contributed by atoms with Crippen LogP contribution in [0.3, 0.4) is 0 Å². The number of nitrogens with zero attached hydrogens (tertiary/aromatic N) is 1. The third-order valence-electron chi connectivity index (χ3n) is 3.71. The second kappa shape index (κ2) is 8.90. The summed E-state index contributed by atoms with van der Waals surface area (Å²) in [5.41, 5.74) is 0. The first-order valence-electron chi connectivity index (χ1n) is 7.97. The van der Waals surface area contributed by atoms with Gasteiger partial charge in [-0.2, -0.15) is 0 Å². The fraction of sp³-hybridized carbons (Fsp3) is 0.647. The van der Waals surface area contributed by atoms with Crippen molar-refractivity contribution in [1.29, 1.82) is 0 Å². The predicted molar refractivity (Wildman–Crippen MR) is 84.2 cm³/mol. The summed E-state index contributed by atoms with van der Waals surface area (Å²) in [4.78, 5) is 2.43. The van der Waals surface area contributed by atoms with Gasteiger partial charge in [0.05, 0.1) is 25.9 Å². The molecule has 21 heavy (non-hydrogen) atoms. The summed E-state index contributed by atoms with van der Waals surface area (Å²) in [6.45, 7) is 9.81. The van der Waals surface area contributed by atoms with Crippen LogP contribution in [0.4, 0.5) is 0 Å². The normalized spacial score (nSPS) is 17.4. The molecule has 118 valence electrons. The van der Waals surface area contributed by atoms with Crippen LogP contribution in [0, 0.1) is 0 Å². The fourth-order valence-electron chi connectivity index (χ4n) is 2.26. The maximum absolute atomic E-state index is 5.82. The van der Waals surface area contributed by atoms with Crippen LogP contribution >= 0.6 is 0 Å². The molecular formula is C17H27NO3. The van der Waals surface area contributed by atoms with Crippen molar-refractivity contribution in [3.8, 4) is 11.5 Å². The van der Waals surface area contributed by atoms with Crippen LogP contribution in [0.1, 0.15) is 26.7 Å². The molecule has 0 bridgehead atoms. The Bertz CT molecular complexity index is 405. The monoisotopic (exact) mass is 293 g/mol. The number of hydrogen-bond donors (Lipinski definition) is 0. The van der Waals surface area contributed by atoms with Gasteiger partial charge in [0, 0.05) is 25.7 Å². The van der Waals surface area contributed by atoms with Crippen LogP contribution in [0.2, 0.25) is 0 Å². The molecule has 1 saturated heterocycles. The van der Waals surface area contributed by atoms with Gasteiger partial charge >= 0.3 is 0 Å². The zero-order valence-corrected chi connectivity index (χ0v) is 13.2. The molecule has 2 rings (SSSR count). The molecule has 1 aliphatic heterocycles. The van der Waals surface area contributed by atoms with E-state index in [1.54, 1.807) is 0 Å². The van der Waals surface area contributed by atoms with Gasteiger partial charge in [0.15, 0.2) is 0 Å². The van der Waals surface area contributed by atoms with Gasteiger partial charge in [-0.05, 0) is 31.9 Å². The second-order valence-electron chi connectivity index (χ2n) is 5.47. The highest BCUT2D eigenvalue weighted by Gasteiger charge is 2.09. The Balaban J connectivity index is 1.68. The quantitative estimate of drug-likeness (QED) is 0.690. The first-order chi connectivity index (χ1) is 10.3. The van der Waals surface area contributed by atoms with Crippen molar-refractivity contribution in [2.24, 2.45) is 0 Å². The molecule has 4 nitrogen and oxygen atoms in total. The average molecular weight is 293 g/mol. The highest BCUT2D eigenvalue weighted by molar-refractivity contribution is 5.33. The molecule has 0 aliphatic carbocycles. The largest absolute Gasteiger partial charge is 0.493 e. The lowest BCUT2D eigenvalue weighted by molar-refractivity contribution is 0.0358. The van der Waals surface area contributed by atoms with E-state index in [2.05, 4.69) is 18.7 Å². The average Bonchev–Trinajstić information content (AvgIpc) is 2.53. The highest BCUT2D eigenvalue weighted by Crippen LogP contribution is 2.21. The van der Waals surface area contributed by atoms with Gasteiger partial charge in [-0.15, -0.1) is 0 Å². The van der Waals surface area contributed by atoms with E-state index >= 15 is 0 Å². The maximum atomic E-state index is 5.82. The van der Waals surface area contributed by atoms with Gasteiger partial charge in [-0.25, -0.2) is 0 Å². The van der Waals surface area contributed by atoms with E-state index < -0.39 is 0 Å². The van der Waals surface area contributed by atoms with Crippen LogP contribution in [0.15, 0.2) is 24.3 Å². The van der Waals surface area contributed by atoms with Crippen LogP contribution in [-0.2, 0) is 4.74 Å². The zero-order valence-electron chi connectivity index (χ0n) is 13.2. The minimum absolute atomic E-state index is 0.238. The van der Waals surface area contributed by atoms with Gasteiger partial charge in [-0.3, -0.25) is 4.90 Å². The molecule has 4 heteroatoms. The number of hydrogen-bond acceptors (Lipinski definition) is 4. The highest BCUT2D eigenvalue weighted by atomic mass is 16.5. The van der Waals surface area contributed by atoms with E-state index in [4.69, 9.17) is 14.2 Å². The van der Waals surface area contributed by atoms with E-state index in [0.717, 1.165) is 63.8 Å². The van der Waals surface area contributed by atoms with Crippen molar-refractivity contribution in [1.82, 2.24) is 4.90 Å². The molecule has 0 radical (unpaired) electrons. The standard InChI is InChI=1S/C17H27NO3/c1-3-15(2)21-17-7-4-6-16(14-17)20-11-5-8-18-9-12-19-13-10-18/h4,6-7,14-15H,3,5,8-13H2,1-2H3. The summed E-state index contributed by atoms with van der Waals surface area (Å²) >= 11 is 0. The van der Waals surface area contributed by atoms with Gasteiger partial charge in [0.2, 0.25) is 0 Å². The van der Waals surface area contributed by atoms with Crippen molar-refractivity contribution in [3.05, 3.63) is 24.3 Å². The lowest BCUT2D eigenvalue weighted by Gasteiger charge is -2.26. The lowest BCUT2D eigenvalue weighted by Crippen LogP contribution is -2.37. The number of morpholine rings is 1. The number of ether oxygens (including phenoxy) is 3. The third kappa shape index (κ3) is 5.94. The molecule has 0 spiro atoms. The van der Waals surface area contributed by atoms with E-state index in [1.807, 2.05) is 24.3 Å². The topological polar surface area (TPSA) is 30.9 Å². The maximum Gasteiger partial charge on any atom is 0.123 e. The van der Waals surface area contributed by atoms with Gasteiger partial charge < -0.3 is 14.2 Å².